The molecule has 2 saturated carbocycles. The van der Waals surface area contributed by atoms with E-state index in [1.807, 2.05) is 52.7 Å². The molecule has 7 aliphatic rings. The first kappa shape index (κ1) is 54.3. The lowest BCUT2D eigenvalue weighted by atomic mass is 9.78. The molecule has 3 amide bonds. The summed E-state index contributed by atoms with van der Waals surface area (Å²) in [4.78, 5) is 74.5. The molecule has 5 aliphatic heterocycles. The van der Waals surface area contributed by atoms with E-state index in [0.717, 1.165) is 125 Å². The minimum atomic E-state index is -1.40. The summed E-state index contributed by atoms with van der Waals surface area (Å²) in [7, 11) is -1.40. The van der Waals surface area contributed by atoms with Gasteiger partial charge in [0.1, 0.15) is 29.1 Å². The molecule has 8 atom stereocenters. The first-order valence-electron chi connectivity index (χ1n) is 29.5. The van der Waals surface area contributed by atoms with Crippen molar-refractivity contribution >= 4 is 56.9 Å². The van der Waals surface area contributed by atoms with Gasteiger partial charge in [-0.1, -0.05) is 64.3 Å². The second-order valence-corrected chi connectivity index (χ2v) is 27.7. The van der Waals surface area contributed by atoms with Crippen LogP contribution in [0.3, 0.4) is 0 Å². The van der Waals surface area contributed by atoms with Crippen molar-refractivity contribution in [3.05, 3.63) is 88.0 Å². The van der Waals surface area contributed by atoms with Crippen molar-refractivity contribution in [2.75, 3.05) is 39.3 Å². The Morgan fingerprint density at radius 3 is 2.51 bits per heavy atom. The summed E-state index contributed by atoms with van der Waals surface area (Å²) in [6, 6.07) is 16.1. The molecule has 2 aromatic carbocycles. The fourth-order valence-corrected chi connectivity index (χ4v) is 16.6. The Labute approximate surface area is 472 Å². The minimum absolute atomic E-state index is 0.0141. The number of hydrogen-bond acceptors (Lipinski definition) is 11. The average molecular weight is 1110 g/mol. The Morgan fingerprint density at radius 2 is 1.75 bits per heavy atom. The van der Waals surface area contributed by atoms with E-state index >= 15 is 9.59 Å². The number of amides is 3. The lowest BCUT2D eigenvalue weighted by molar-refractivity contribution is -0.155. The maximum Gasteiger partial charge on any atom is 0.324 e. The molecule has 6 fully saturated rings. The van der Waals surface area contributed by atoms with Gasteiger partial charge in [-0.2, -0.15) is 0 Å². The van der Waals surface area contributed by atoms with Crippen LogP contribution in [-0.2, 0) is 54.3 Å². The maximum absolute atomic E-state index is 15.4. The van der Waals surface area contributed by atoms with E-state index in [9.17, 15) is 13.8 Å². The molecule has 420 valence electrons. The number of nitrogens with one attached hydrogen (secondary N) is 2. The molecule has 6 bridgehead atoms. The van der Waals surface area contributed by atoms with Crippen molar-refractivity contribution < 1.29 is 28.1 Å². The number of fused-ring (bicyclic) bond motifs is 6. The van der Waals surface area contributed by atoms with Crippen LogP contribution in [0.25, 0.3) is 33.4 Å². The summed E-state index contributed by atoms with van der Waals surface area (Å²) in [5, 5.41) is 8.82. The molecule has 3 aromatic heterocycles. The third-order valence-electron chi connectivity index (χ3n) is 18.5. The Kier molecular flexibility index (Phi) is 15.0. The van der Waals surface area contributed by atoms with Crippen molar-refractivity contribution in [1.29, 1.82) is 0 Å². The zero-order chi connectivity index (χ0) is 54.9. The van der Waals surface area contributed by atoms with Crippen LogP contribution in [0.1, 0.15) is 133 Å². The molecule has 79 heavy (non-hydrogen) atoms. The second kappa shape index (κ2) is 21.9. The quantitative estimate of drug-likeness (QED) is 0.0965. The van der Waals surface area contributed by atoms with E-state index in [1.54, 1.807) is 5.01 Å². The van der Waals surface area contributed by atoms with Gasteiger partial charge in [0, 0.05) is 83.6 Å². The molecular weight excluding hydrogens is 1030 g/mol. The highest BCUT2D eigenvalue weighted by Gasteiger charge is 2.63. The largest absolute Gasteiger partial charge is 0.464 e. The SMILES string of the molecule is CCn1c(-c2cccnc2C(C)C)c2c3cc(ccc31)-c1csc(n1)C[C@H](NC(=O)[C@H](C1CCCC1)N1CCC[C@@]3(CCN(C(=O)[C@H]4[C@@H](C5CC5)N4[S@](=O)c4ccc(C)cc4)C3)C1)C(=O)N1CCC[C@H](N1)C(=O)OCC(C)(C)C2. The Hall–Kier alpha value is -5.33. The summed E-state index contributed by atoms with van der Waals surface area (Å²) >= 11 is 1.50. The normalized spacial score (nSPS) is 27.6. The standard InChI is InChI=1S/C62H79N9O6S2/c1-7-69-50-24-21-42-31-45(50)46(55(69)44-15-10-27-63-52(44)38(2)3)33-61(5,6)37-77-60(75)47-16-11-29-70(66-47)58(73)48(32-51-64-49(42)34-78-51)65-57(72)54(40-13-8-9-14-40)67-28-12-25-62(35-67)26-30-68(36-62)59(74)56-53(41-19-20-41)71(56)79(76)43-22-17-39(4)18-23-43/h10,15,17-18,21-24,27,31,34,38,40-41,47-48,53-54,56,66H,7-9,11-14,16,19-20,25-26,28-30,32-33,35-37H2,1-6H3,(H,65,72)/t47-,48-,53+,54-,56+,62+,71?,79+/m0/s1. The third-order valence-corrected chi connectivity index (χ3v) is 20.9. The number of pyridine rings is 1. The van der Waals surface area contributed by atoms with Crippen molar-refractivity contribution in [3.8, 4) is 22.5 Å². The van der Waals surface area contributed by atoms with E-state index in [1.165, 1.54) is 16.9 Å². The zero-order valence-electron chi connectivity index (χ0n) is 47.0. The number of carbonyl (C=O) groups excluding carboxylic acids is 4. The molecule has 1 spiro atoms. The van der Waals surface area contributed by atoms with Gasteiger partial charge in [0.15, 0.2) is 0 Å². The number of carbonyl (C=O) groups is 4. The molecule has 4 saturated heterocycles. The molecule has 1 unspecified atom stereocenters. The number of ether oxygens (including phenoxy) is 1. The van der Waals surface area contributed by atoms with Gasteiger partial charge in [-0.15, -0.1) is 11.3 Å². The average Bonchev–Trinajstić information content (AvgIpc) is 3.77. The summed E-state index contributed by atoms with van der Waals surface area (Å²) in [6.07, 6.45) is 12.7. The number of piperidine rings is 1. The summed E-state index contributed by atoms with van der Waals surface area (Å²) in [5.74, 6) is -0.0180. The Morgan fingerprint density at radius 1 is 0.949 bits per heavy atom. The van der Waals surface area contributed by atoms with Gasteiger partial charge in [-0.3, -0.25) is 34.1 Å². The number of thiazole rings is 1. The number of nitrogens with zero attached hydrogens (tertiary/aromatic N) is 7. The number of aromatic nitrogens is 3. The molecule has 15 nitrogen and oxygen atoms in total. The minimum Gasteiger partial charge on any atom is -0.464 e. The topological polar surface area (TPSA) is 162 Å². The van der Waals surface area contributed by atoms with Gasteiger partial charge < -0.3 is 19.5 Å². The van der Waals surface area contributed by atoms with Crippen molar-refractivity contribution in [2.45, 2.75) is 173 Å². The highest BCUT2D eigenvalue weighted by Crippen LogP contribution is 2.51. The highest BCUT2D eigenvalue weighted by molar-refractivity contribution is 7.83. The van der Waals surface area contributed by atoms with E-state index in [4.69, 9.17) is 14.7 Å². The number of cyclic esters (lactones) is 1. The monoisotopic (exact) mass is 1110 g/mol. The highest BCUT2D eigenvalue weighted by atomic mass is 32.2. The molecule has 12 rings (SSSR count). The lowest BCUT2D eigenvalue weighted by Gasteiger charge is -2.45. The molecule has 2 aliphatic carbocycles. The lowest BCUT2D eigenvalue weighted by Crippen LogP contribution is -2.63. The first-order chi connectivity index (χ1) is 38.1. The second-order valence-electron chi connectivity index (χ2n) is 25.3. The summed E-state index contributed by atoms with van der Waals surface area (Å²) < 4.78 is 24.5. The van der Waals surface area contributed by atoms with Crippen LogP contribution in [0.2, 0.25) is 0 Å². The molecule has 2 N–H and O–H groups in total. The van der Waals surface area contributed by atoms with E-state index in [2.05, 4.69) is 84.5 Å². The number of esters is 1. The predicted octanol–water partition coefficient (Wildman–Crippen LogP) is 8.99. The Bertz CT molecular complexity index is 3160. The molecular formula is C62H79N9O6S2. The van der Waals surface area contributed by atoms with E-state index in [0.29, 0.717) is 51.4 Å². The molecule has 17 heteroatoms. The zero-order valence-corrected chi connectivity index (χ0v) is 48.6. The summed E-state index contributed by atoms with van der Waals surface area (Å²) in [6.45, 7) is 16.9. The van der Waals surface area contributed by atoms with Crippen LogP contribution < -0.4 is 10.7 Å². The van der Waals surface area contributed by atoms with Gasteiger partial charge in [-0.05, 0) is 144 Å². The molecule has 5 aromatic rings. The Balaban J connectivity index is 0.826. The molecule has 8 heterocycles. The van der Waals surface area contributed by atoms with E-state index in [-0.39, 0.29) is 60.1 Å². The fourth-order valence-electron chi connectivity index (χ4n) is 14.3. The maximum atomic E-state index is 15.4. The number of benzene rings is 2. The van der Waals surface area contributed by atoms with Crippen molar-refractivity contribution in [3.63, 3.8) is 0 Å². The van der Waals surface area contributed by atoms with Crippen molar-refractivity contribution in [2.24, 2.45) is 22.7 Å². The first-order valence-corrected chi connectivity index (χ1v) is 31.5. The van der Waals surface area contributed by atoms with Crippen LogP contribution in [0.4, 0.5) is 0 Å². The van der Waals surface area contributed by atoms with Gasteiger partial charge in [0.2, 0.25) is 11.8 Å². The van der Waals surface area contributed by atoms with Crippen LogP contribution in [0.5, 0.6) is 0 Å². The van der Waals surface area contributed by atoms with Crippen LogP contribution >= 0.6 is 11.3 Å². The van der Waals surface area contributed by atoms with Gasteiger partial charge >= 0.3 is 5.97 Å². The number of aryl methyl sites for hydroxylation is 2. The number of likely N-dealkylation sites (tertiary alicyclic amines) is 2. The predicted molar refractivity (Wildman–Crippen MR) is 308 cm³/mol. The third kappa shape index (κ3) is 10.8. The van der Waals surface area contributed by atoms with Crippen LogP contribution in [0.15, 0.2) is 71.1 Å². The van der Waals surface area contributed by atoms with Crippen molar-refractivity contribution in [1.82, 2.24) is 44.4 Å². The number of rotatable bonds is 11. The molecule has 0 radical (unpaired) electrons. The summed E-state index contributed by atoms with van der Waals surface area (Å²) in [5.41, 5.74) is 11.1. The van der Waals surface area contributed by atoms with Crippen LogP contribution in [-0.4, -0.2) is 131 Å². The van der Waals surface area contributed by atoms with Gasteiger partial charge in [0.05, 0.1) is 45.7 Å². The van der Waals surface area contributed by atoms with Crippen LogP contribution in [0, 0.1) is 29.6 Å². The van der Waals surface area contributed by atoms with Gasteiger partial charge in [-0.25, -0.2) is 18.9 Å². The number of hydrogen-bond donors (Lipinski definition) is 2. The van der Waals surface area contributed by atoms with Gasteiger partial charge in [0.25, 0.3) is 5.91 Å². The van der Waals surface area contributed by atoms with E-state index < -0.39 is 40.5 Å². The fraction of sp³-hybridized carbons (Fsp3) is 0.581. The number of hydrazine groups is 1. The smallest absolute Gasteiger partial charge is 0.324 e.